The Hall–Kier alpha value is -2.38. The van der Waals surface area contributed by atoms with Gasteiger partial charge in [-0.05, 0) is 55.5 Å². The highest BCUT2D eigenvalue weighted by Crippen LogP contribution is 2.43. The number of ether oxygens (including phenoxy) is 2. The summed E-state index contributed by atoms with van der Waals surface area (Å²) in [7, 11) is -0.162. The lowest BCUT2D eigenvalue weighted by Crippen LogP contribution is -2.56. The summed E-state index contributed by atoms with van der Waals surface area (Å²) < 4.78 is 11.7. The SMILES string of the molecule is C=C[C@H]1CN2CC[C@H]1C[C@H]2[C@H](OC(=O)N[Si](C)(C)C)c1ccnc2ccc(OC)cc12. The number of hydrogen-bond donors (Lipinski definition) is 1. The average Bonchev–Trinajstić information content (AvgIpc) is 2.75. The second-order valence-corrected chi connectivity index (χ2v) is 14.5. The Balaban J connectivity index is 1.74. The number of carbonyl (C=O) groups is 1. The van der Waals surface area contributed by atoms with Gasteiger partial charge in [-0.1, -0.05) is 25.7 Å². The molecule has 1 unspecified atom stereocenters. The first-order chi connectivity index (χ1) is 14.8. The van der Waals surface area contributed by atoms with Crippen LogP contribution in [0.2, 0.25) is 19.6 Å². The van der Waals surface area contributed by atoms with Gasteiger partial charge in [-0.3, -0.25) is 9.88 Å². The van der Waals surface area contributed by atoms with Crippen LogP contribution < -0.4 is 9.72 Å². The van der Waals surface area contributed by atoms with Crippen LogP contribution in [0.4, 0.5) is 4.79 Å². The van der Waals surface area contributed by atoms with Crippen molar-refractivity contribution in [2.24, 2.45) is 11.8 Å². The Morgan fingerprint density at radius 3 is 2.81 bits per heavy atom. The third-order valence-corrected chi connectivity index (χ3v) is 7.46. The Labute approximate surface area is 185 Å². The van der Waals surface area contributed by atoms with E-state index in [0.717, 1.165) is 41.7 Å². The minimum atomic E-state index is -1.82. The lowest BCUT2D eigenvalue weighted by molar-refractivity contribution is -0.0490. The number of rotatable bonds is 6. The van der Waals surface area contributed by atoms with E-state index in [4.69, 9.17) is 9.47 Å². The molecule has 1 amide bonds. The number of hydrogen-bond acceptors (Lipinski definition) is 5. The molecule has 0 saturated carbocycles. The predicted octanol–water partition coefficient (Wildman–Crippen LogP) is 4.74. The Bertz CT molecular complexity index is 974. The molecule has 2 aromatic rings. The highest BCUT2D eigenvalue weighted by molar-refractivity contribution is 6.75. The van der Waals surface area contributed by atoms with Crippen LogP contribution in [-0.2, 0) is 4.74 Å². The molecule has 3 aliphatic heterocycles. The second kappa shape index (κ2) is 8.63. The average molecular weight is 440 g/mol. The number of carbonyl (C=O) groups excluding carboxylic acids is 1. The molecule has 0 radical (unpaired) electrons. The molecule has 3 fully saturated rings. The van der Waals surface area contributed by atoms with Gasteiger partial charge in [0.15, 0.2) is 8.24 Å². The first-order valence-electron chi connectivity index (χ1n) is 11.1. The molecule has 1 N–H and O–H groups in total. The number of benzene rings is 1. The largest absolute Gasteiger partial charge is 0.497 e. The molecule has 1 aromatic carbocycles. The van der Waals surface area contributed by atoms with E-state index in [0.29, 0.717) is 11.8 Å². The normalized spacial score (nSPS) is 26.3. The monoisotopic (exact) mass is 439 g/mol. The van der Waals surface area contributed by atoms with E-state index in [1.165, 1.54) is 6.42 Å². The standard InChI is InChI=1S/C24H33N3O3Si/c1-6-16-15-27-12-10-17(16)13-22(27)23(30-24(28)26-31(3,4)5)19-9-11-25-21-8-7-18(29-2)14-20(19)21/h6-9,11,14,16-17,22-23H,1,10,12-13,15H2,2-5H3,(H,26,28)/t16-,17-,22-,23+/m0/s1. The summed E-state index contributed by atoms with van der Waals surface area (Å²) in [5, 5.41) is 0.968. The zero-order chi connectivity index (χ0) is 22.2. The molecule has 6 nitrogen and oxygen atoms in total. The number of aromatic nitrogens is 1. The number of pyridine rings is 1. The van der Waals surface area contributed by atoms with Gasteiger partial charge < -0.3 is 14.5 Å². The first-order valence-corrected chi connectivity index (χ1v) is 14.6. The van der Waals surface area contributed by atoms with E-state index in [-0.39, 0.29) is 18.2 Å². The lowest BCUT2D eigenvalue weighted by atomic mass is 9.73. The molecule has 5 rings (SSSR count). The topological polar surface area (TPSA) is 63.7 Å². The maximum atomic E-state index is 12.9. The molecule has 0 aliphatic carbocycles. The molecule has 7 heteroatoms. The fraction of sp³-hybridized carbons (Fsp3) is 0.500. The van der Waals surface area contributed by atoms with Gasteiger partial charge in [0.25, 0.3) is 0 Å². The predicted molar refractivity (Wildman–Crippen MR) is 126 cm³/mol. The summed E-state index contributed by atoms with van der Waals surface area (Å²) in [6, 6.07) is 7.99. The molecule has 3 aliphatic rings. The van der Waals surface area contributed by atoms with E-state index in [1.54, 1.807) is 13.3 Å². The van der Waals surface area contributed by atoms with Crippen molar-refractivity contribution < 1.29 is 14.3 Å². The van der Waals surface area contributed by atoms with Crippen molar-refractivity contribution in [3.8, 4) is 5.75 Å². The molecule has 5 atom stereocenters. The van der Waals surface area contributed by atoms with E-state index in [2.05, 4.69) is 47.2 Å². The molecule has 166 valence electrons. The summed E-state index contributed by atoms with van der Waals surface area (Å²) in [5.41, 5.74) is 1.86. The molecule has 4 heterocycles. The second-order valence-electron chi connectivity index (χ2n) is 9.73. The van der Waals surface area contributed by atoms with Crippen LogP contribution in [0, 0.1) is 11.8 Å². The Kier molecular flexibility index (Phi) is 6.08. The summed E-state index contributed by atoms with van der Waals surface area (Å²) in [6.45, 7) is 12.3. The summed E-state index contributed by atoms with van der Waals surface area (Å²) in [4.78, 5) is 23.0. The molecular formula is C24H33N3O3Si. The molecular weight excluding hydrogens is 406 g/mol. The number of fused-ring (bicyclic) bond motifs is 4. The molecule has 0 spiro atoms. The summed E-state index contributed by atoms with van der Waals surface area (Å²) >= 11 is 0. The first kappa shape index (κ1) is 21.8. The van der Waals surface area contributed by atoms with E-state index in [1.807, 2.05) is 24.3 Å². The fourth-order valence-electron chi connectivity index (χ4n) is 5.01. The Morgan fingerprint density at radius 1 is 1.35 bits per heavy atom. The Morgan fingerprint density at radius 2 is 2.16 bits per heavy atom. The minimum absolute atomic E-state index is 0.138. The fourth-order valence-corrected chi connectivity index (χ4v) is 5.69. The van der Waals surface area contributed by atoms with Gasteiger partial charge in [-0.25, -0.2) is 4.79 Å². The number of nitrogens with zero attached hydrogens (tertiary/aromatic N) is 2. The maximum absolute atomic E-state index is 12.9. The van der Waals surface area contributed by atoms with Crippen LogP contribution in [0.25, 0.3) is 10.9 Å². The van der Waals surface area contributed by atoms with Gasteiger partial charge in [0, 0.05) is 23.7 Å². The van der Waals surface area contributed by atoms with Gasteiger partial charge in [-0.2, -0.15) is 0 Å². The van der Waals surface area contributed by atoms with E-state index >= 15 is 0 Å². The minimum Gasteiger partial charge on any atom is -0.497 e. The van der Waals surface area contributed by atoms with Gasteiger partial charge in [-0.15, -0.1) is 6.58 Å². The van der Waals surface area contributed by atoms with Crippen molar-refractivity contribution in [2.45, 2.75) is 44.6 Å². The number of amides is 1. The van der Waals surface area contributed by atoms with E-state index in [9.17, 15) is 4.79 Å². The van der Waals surface area contributed by atoms with Crippen molar-refractivity contribution in [1.29, 1.82) is 0 Å². The molecule has 3 saturated heterocycles. The van der Waals surface area contributed by atoms with Crippen LogP contribution in [-0.4, -0.2) is 50.5 Å². The quantitative estimate of drug-likeness (QED) is 0.520. The van der Waals surface area contributed by atoms with Crippen molar-refractivity contribution >= 4 is 25.2 Å². The smallest absolute Gasteiger partial charge is 0.399 e. The third-order valence-electron chi connectivity index (χ3n) is 6.50. The zero-order valence-corrected chi connectivity index (χ0v) is 19.9. The van der Waals surface area contributed by atoms with Crippen molar-refractivity contribution in [2.75, 3.05) is 20.2 Å². The molecule has 2 bridgehead atoms. The van der Waals surface area contributed by atoms with Crippen molar-refractivity contribution in [3.05, 3.63) is 48.7 Å². The van der Waals surface area contributed by atoms with Crippen molar-refractivity contribution in [1.82, 2.24) is 14.9 Å². The number of piperidine rings is 3. The van der Waals surface area contributed by atoms with Crippen molar-refractivity contribution in [3.63, 3.8) is 0 Å². The third kappa shape index (κ3) is 4.62. The highest BCUT2D eigenvalue weighted by Gasteiger charge is 2.44. The van der Waals surface area contributed by atoms with Crippen LogP contribution in [0.5, 0.6) is 5.75 Å². The molecule has 1 aromatic heterocycles. The van der Waals surface area contributed by atoms with E-state index < -0.39 is 8.24 Å². The van der Waals surface area contributed by atoms with Crippen LogP contribution in [0.1, 0.15) is 24.5 Å². The van der Waals surface area contributed by atoms with Crippen LogP contribution >= 0.6 is 0 Å². The van der Waals surface area contributed by atoms with Gasteiger partial charge in [0.2, 0.25) is 0 Å². The zero-order valence-electron chi connectivity index (χ0n) is 18.9. The van der Waals surface area contributed by atoms with Crippen LogP contribution in [0.15, 0.2) is 43.1 Å². The summed E-state index contributed by atoms with van der Waals surface area (Å²) in [6.07, 6.45) is 5.36. The molecule has 31 heavy (non-hydrogen) atoms. The number of nitrogens with one attached hydrogen (secondary N) is 1. The van der Waals surface area contributed by atoms with Crippen LogP contribution in [0.3, 0.4) is 0 Å². The number of methoxy groups -OCH3 is 1. The maximum Gasteiger partial charge on any atom is 0.399 e. The lowest BCUT2D eigenvalue weighted by Gasteiger charge is -2.51. The van der Waals surface area contributed by atoms with Gasteiger partial charge in [0.1, 0.15) is 11.9 Å². The summed E-state index contributed by atoms with van der Waals surface area (Å²) in [5.74, 6) is 1.86. The van der Waals surface area contributed by atoms with Gasteiger partial charge in [0.05, 0.1) is 18.7 Å². The van der Waals surface area contributed by atoms with Gasteiger partial charge >= 0.3 is 6.09 Å². The highest BCUT2D eigenvalue weighted by atomic mass is 28.3.